The third-order valence-electron chi connectivity index (χ3n) is 4.42. The fourth-order valence-corrected chi connectivity index (χ4v) is 3.07. The highest BCUT2D eigenvalue weighted by Gasteiger charge is 2.29. The second-order valence-corrected chi connectivity index (χ2v) is 6.12. The smallest absolute Gasteiger partial charge is 0.0866 e. The van der Waals surface area contributed by atoms with Crippen molar-refractivity contribution in [2.75, 3.05) is 13.2 Å². The number of benzene rings is 1. The van der Waals surface area contributed by atoms with E-state index >= 15 is 0 Å². The van der Waals surface area contributed by atoms with E-state index in [4.69, 9.17) is 4.74 Å². The summed E-state index contributed by atoms with van der Waals surface area (Å²) in [6.45, 7) is 5.09. The highest BCUT2D eigenvalue weighted by molar-refractivity contribution is 5.19. The van der Waals surface area contributed by atoms with Crippen molar-refractivity contribution in [3.63, 3.8) is 0 Å². The highest BCUT2D eigenvalue weighted by atomic mass is 16.5. The molecule has 0 amide bonds. The van der Waals surface area contributed by atoms with Gasteiger partial charge in [-0.15, -0.1) is 0 Å². The fourth-order valence-electron chi connectivity index (χ4n) is 3.07. The molecule has 1 fully saturated rings. The maximum Gasteiger partial charge on any atom is 0.0866 e. The molecule has 3 rings (SSSR count). The van der Waals surface area contributed by atoms with E-state index in [1.807, 2.05) is 23.1 Å². The summed E-state index contributed by atoms with van der Waals surface area (Å²) >= 11 is 0. The molecule has 3 atom stereocenters. The topological polar surface area (TPSA) is 39.1 Å². The van der Waals surface area contributed by atoms with Gasteiger partial charge in [-0.25, -0.2) is 0 Å². The molecule has 118 valence electrons. The van der Waals surface area contributed by atoms with Crippen molar-refractivity contribution in [1.29, 1.82) is 0 Å². The predicted octanol–water partition coefficient (Wildman–Crippen LogP) is 3.03. The third-order valence-corrected chi connectivity index (χ3v) is 4.42. The van der Waals surface area contributed by atoms with E-state index in [0.29, 0.717) is 12.0 Å². The minimum absolute atomic E-state index is 0.243. The molecule has 4 heteroatoms. The zero-order valence-electron chi connectivity index (χ0n) is 13.2. The van der Waals surface area contributed by atoms with Gasteiger partial charge in [0.1, 0.15) is 0 Å². The molecule has 22 heavy (non-hydrogen) atoms. The molecule has 0 spiro atoms. The van der Waals surface area contributed by atoms with Crippen molar-refractivity contribution in [1.82, 2.24) is 15.1 Å². The maximum atomic E-state index is 5.95. The van der Waals surface area contributed by atoms with Crippen LogP contribution in [0.25, 0.3) is 0 Å². The van der Waals surface area contributed by atoms with Gasteiger partial charge in [0.2, 0.25) is 0 Å². The monoisotopic (exact) mass is 299 g/mol. The third kappa shape index (κ3) is 3.96. The van der Waals surface area contributed by atoms with Crippen molar-refractivity contribution in [3.8, 4) is 0 Å². The Hall–Kier alpha value is -1.65. The Balaban J connectivity index is 1.46. The van der Waals surface area contributed by atoms with Crippen molar-refractivity contribution in [3.05, 3.63) is 54.4 Å². The van der Waals surface area contributed by atoms with Gasteiger partial charge in [0, 0.05) is 44.0 Å². The number of hydrogen-bond acceptors (Lipinski definition) is 3. The van der Waals surface area contributed by atoms with Crippen molar-refractivity contribution >= 4 is 0 Å². The molecule has 1 N–H and O–H groups in total. The first kappa shape index (κ1) is 15.3. The van der Waals surface area contributed by atoms with Crippen LogP contribution >= 0.6 is 0 Å². The Bertz CT molecular complexity index is 541. The summed E-state index contributed by atoms with van der Waals surface area (Å²) in [7, 11) is 0. The van der Waals surface area contributed by atoms with Gasteiger partial charge in [0.15, 0.2) is 0 Å². The predicted molar refractivity (Wildman–Crippen MR) is 87.6 cm³/mol. The van der Waals surface area contributed by atoms with Crippen molar-refractivity contribution in [2.45, 2.75) is 38.5 Å². The van der Waals surface area contributed by atoms with E-state index in [-0.39, 0.29) is 6.10 Å². The molecule has 2 aromatic rings. The Labute approximate surface area is 132 Å². The Morgan fingerprint density at radius 1 is 1.32 bits per heavy atom. The summed E-state index contributed by atoms with van der Waals surface area (Å²) in [4.78, 5) is 0. The van der Waals surface area contributed by atoms with E-state index in [0.717, 1.165) is 32.5 Å². The first-order valence-electron chi connectivity index (χ1n) is 8.20. The van der Waals surface area contributed by atoms with E-state index in [1.165, 1.54) is 5.56 Å². The molecule has 0 unspecified atom stereocenters. The lowest BCUT2D eigenvalue weighted by molar-refractivity contribution is 0.0898. The summed E-state index contributed by atoms with van der Waals surface area (Å²) in [6.07, 6.45) is 6.32. The normalized spacial score (nSPS) is 22.8. The molecule has 2 heterocycles. The lowest BCUT2D eigenvalue weighted by Gasteiger charge is -2.22. The van der Waals surface area contributed by atoms with Gasteiger partial charge in [-0.05, 0) is 31.4 Å². The van der Waals surface area contributed by atoms with Gasteiger partial charge in [-0.3, -0.25) is 4.68 Å². The molecule has 4 nitrogen and oxygen atoms in total. The van der Waals surface area contributed by atoms with Crippen LogP contribution in [-0.4, -0.2) is 29.0 Å². The SMILES string of the molecule is C[C@H](CCn1cccn1)NC[C@H]1CCO[C@@H]1c1ccccc1. The molecule has 0 radical (unpaired) electrons. The number of aromatic nitrogens is 2. The van der Waals surface area contributed by atoms with Crippen molar-refractivity contribution in [2.24, 2.45) is 5.92 Å². The van der Waals surface area contributed by atoms with Gasteiger partial charge < -0.3 is 10.1 Å². The highest BCUT2D eigenvalue weighted by Crippen LogP contribution is 2.33. The molecule has 1 saturated heterocycles. The Morgan fingerprint density at radius 3 is 2.95 bits per heavy atom. The summed E-state index contributed by atoms with van der Waals surface area (Å²) in [5.41, 5.74) is 1.30. The van der Waals surface area contributed by atoms with Crippen LogP contribution in [0.3, 0.4) is 0 Å². The molecular formula is C18H25N3O. The molecule has 1 aliphatic rings. The lowest BCUT2D eigenvalue weighted by Crippen LogP contribution is -2.33. The van der Waals surface area contributed by atoms with Crippen LogP contribution in [0.2, 0.25) is 0 Å². The van der Waals surface area contributed by atoms with Gasteiger partial charge in [-0.2, -0.15) is 5.10 Å². The van der Waals surface area contributed by atoms with E-state index in [2.05, 4.69) is 47.7 Å². The van der Waals surface area contributed by atoms with E-state index in [1.54, 1.807) is 0 Å². The zero-order chi connectivity index (χ0) is 15.2. The van der Waals surface area contributed by atoms with Crippen molar-refractivity contribution < 1.29 is 4.74 Å². The minimum atomic E-state index is 0.243. The number of hydrogen-bond donors (Lipinski definition) is 1. The van der Waals surface area contributed by atoms with E-state index in [9.17, 15) is 0 Å². The van der Waals surface area contributed by atoms with Crippen LogP contribution in [0.4, 0.5) is 0 Å². The van der Waals surface area contributed by atoms with Gasteiger partial charge in [0.25, 0.3) is 0 Å². The molecule has 0 saturated carbocycles. The first-order chi connectivity index (χ1) is 10.8. The van der Waals surface area contributed by atoms with Gasteiger partial charge in [-0.1, -0.05) is 30.3 Å². The molecule has 1 aromatic heterocycles. The molecule has 0 aliphatic carbocycles. The summed E-state index contributed by atoms with van der Waals surface area (Å²) in [5, 5.41) is 7.91. The first-order valence-corrected chi connectivity index (χ1v) is 8.20. The summed E-state index contributed by atoms with van der Waals surface area (Å²) in [5.74, 6) is 0.564. The van der Waals surface area contributed by atoms with Crippen LogP contribution in [-0.2, 0) is 11.3 Å². The standard InChI is InChI=1S/C18H25N3O/c1-15(8-12-21-11-5-10-20-21)19-14-17-9-13-22-18(17)16-6-3-2-4-7-16/h2-7,10-11,15,17-19H,8-9,12-14H2,1H3/t15-,17-,18-/m1/s1. The van der Waals surface area contributed by atoms with Crippen LogP contribution in [0.15, 0.2) is 48.8 Å². The number of ether oxygens (including phenoxy) is 1. The summed E-state index contributed by atoms with van der Waals surface area (Å²) in [6, 6.07) is 13.0. The number of nitrogens with one attached hydrogen (secondary N) is 1. The van der Waals surface area contributed by atoms with Gasteiger partial charge >= 0.3 is 0 Å². The number of rotatable bonds is 7. The largest absolute Gasteiger partial charge is 0.373 e. The lowest BCUT2D eigenvalue weighted by atomic mass is 9.95. The second-order valence-electron chi connectivity index (χ2n) is 6.12. The van der Waals surface area contributed by atoms with E-state index < -0.39 is 0 Å². The fraction of sp³-hybridized carbons (Fsp3) is 0.500. The average molecular weight is 299 g/mol. The van der Waals surface area contributed by atoms with Gasteiger partial charge in [0.05, 0.1) is 6.10 Å². The maximum absolute atomic E-state index is 5.95. The van der Waals surface area contributed by atoms with Crippen LogP contribution < -0.4 is 5.32 Å². The minimum Gasteiger partial charge on any atom is -0.373 e. The quantitative estimate of drug-likeness (QED) is 0.854. The second kappa shape index (κ2) is 7.56. The number of aryl methyl sites for hydroxylation is 1. The Morgan fingerprint density at radius 2 is 2.18 bits per heavy atom. The zero-order valence-corrected chi connectivity index (χ0v) is 13.2. The Kier molecular flexibility index (Phi) is 5.24. The molecule has 1 aromatic carbocycles. The molecule has 1 aliphatic heterocycles. The molecule has 0 bridgehead atoms. The molecular weight excluding hydrogens is 274 g/mol. The number of nitrogens with zero attached hydrogens (tertiary/aromatic N) is 2. The van der Waals surface area contributed by atoms with Crippen LogP contribution in [0.5, 0.6) is 0 Å². The van der Waals surface area contributed by atoms with Crippen LogP contribution in [0, 0.1) is 5.92 Å². The van der Waals surface area contributed by atoms with Crippen LogP contribution in [0.1, 0.15) is 31.4 Å². The average Bonchev–Trinajstić information content (AvgIpc) is 3.23. The summed E-state index contributed by atoms with van der Waals surface area (Å²) < 4.78 is 7.94.